The Balaban J connectivity index is 2.14. The maximum absolute atomic E-state index is 11.5. The molecule has 2 rings (SSSR count). The summed E-state index contributed by atoms with van der Waals surface area (Å²) in [6.45, 7) is -0.0174. The van der Waals surface area contributed by atoms with E-state index in [1.165, 1.54) is 16.7 Å². The smallest absolute Gasteiger partial charge is 0.332 e. The highest BCUT2D eigenvalue weighted by atomic mass is 32.2. The molecule has 0 aliphatic carbocycles. The number of nitrogens with one attached hydrogen (secondary N) is 1. The molecule has 0 bridgehead atoms. The topological polar surface area (TPSA) is 151 Å². The number of rotatable bonds is 3. The number of hydrogen-bond acceptors (Lipinski definition) is 6. The van der Waals surface area contributed by atoms with Crippen LogP contribution in [0.25, 0.3) is 0 Å². The number of fused-ring (bicyclic) bond motifs is 1. The van der Waals surface area contributed by atoms with Gasteiger partial charge in [-0.1, -0.05) is 0 Å². The second kappa shape index (κ2) is 4.70. The predicted octanol–water partition coefficient (Wildman–Crippen LogP) is -2.05. The van der Waals surface area contributed by atoms with Crippen LogP contribution < -0.4 is 16.9 Å². The summed E-state index contributed by atoms with van der Waals surface area (Å²) in [5, 5.41) is 12.6. The second-order valence-corrected chi connectivity index (χ2v) is 5.49. The van der Waals surface area contributed by atoms with E-state index in [0.29, 0.717) is 0 Å². The van der Waals surface area contributed by atoms with Crippen LogP contribution >= 0.6 is 11.8 Å². The van der Waals surface area contributed by atoms with Crippen molar-refractivity contribution in [1.82, 2.24) is 10.3 Å². The maximum Gasteiger partial charge on any atom is 0.332 e. The molecule has 10 heteroatoms. The molecule has 0 aromatic carbocycles. The van der Waals surface area contributed by atoms with Crippen LogP contribution in [0.5, 0.6) is 0 Å². The Morgan fingerprint density at radius 3 is 2.89 bits per heavy atom. The highest BCUT2D eigenvalue weighted by Gasteiger charge is 2.55. The van der Waals surface area contributed by atoms with Crippen molar-refractivity contribution in [3.05, 3.63) is 0 Å². The molecule has 2 aliphatic rings. The van der Waals surface area contributed by atoms with Gasteiger partial charge in [-0.25, -0.2) is 10.2 Å². The zero-order chi connectivity index (χ0) is 14.2. The molecule has 3 amide bonds. The lowest BCUT2D eigenvalue weighted by molar-refractivity contribution is -0.152. The lowest BCUT2D eigenvalue weighted by Gasteiger charge is -2.51. The summed E-state index contributed by atoms with van der Waals surface area (Å²) < 4.78 is 0. The molecular formula is C9H13N5O4S. The molecule has 0 aromatic rings. The van der Waals surface area contributed by atoms with E-state index in [2.05, 4.69) is 5.10 Å². The van der Waals surface area contributed by atoms with Gasteiger partial charge in [-0.2, -0.15) is 5.10 Å². The molecule has 2 saturated heterocycles. The van der Waals surface area contributed by atoms with Gasteiger partial charge in [0.1, 0.15) is 16.8 Å². The lowest BCUT2D eigenvalue weighted by Crippen LogP contribution is -2.72. The van der Waals surface area contributed by atoms with Crippen LogP contribution in [-0.2, 0) is 9.59 Å². The quantitative estimate of drug-likeness (QED) is 0.266. The molecule has 19 heavy (non-hydrogen) atoms. The number of nitrogens with zero attached hydrogens (tertiary/aromatic N) is 2. The molecule has 9 nitrogen and oxygen atoms in total. The zero-order valence-electron chi connectivity index (χ0n) is 9.78. The van der Waals surface area contributed by atoms with Gasteiger partial charge in [0.05, 0.1) is 0 Å². The number of urea groups is 1. The number of amides is 3. The van der Waals surface area contributed by atoms with Crippen molar-refractivity contribution in [2.24, 2.45) is 22.0 Å². The zero-order valence-corrected chi connectivity index (χ0v) is 10.6. The average molecular weight is 287 g/mol. The molecule has 0 radical (unpaired) electrons. The number of primary amides is 1. The van der Waals surface area contributed by atoms with Crippen LogP contribution in [0.3, 0.4) is 0 Å². The fourth-order valence-corrected chi connectivity index (χ4v) is 3.42. The number of carboxylic acid groups (broad SMARTS) is 1. The molecule has 2 aliphatic heterocycles. The van der Waals surface area contributed by atoms with E-state index in [4.69, 9.17) is 11.5 Å². The summed E-state index contributed by atoms with van der Waals surface area (Å²) in [5.41, 5.74) is 11.0. The Labute approximate surface area is 112 Å². The van der Waals surface area contributed by atoms with E-state index in [0.717, 1.165) is 6.21 Å². The summed E-state index contributed by atoms with van der Waals surface area (Å²) in [4.78, 5) is 34.9. The first-order valence-electron chi connectivity index (χ1n) is 5.38. The van der Waals surface area contributed by atoms with E-state index >= 15 is 0 Å². The molecule has 0 spiro atoms. The second-order valence-electron chi connectivity index (χ2n) is 4.39. The number of β-lactam (4-membered cyclic amide) rings is 1. The maximum atomic E-state index is 11.5. The standard InChI is InChI=1S/C9H13N5O4S/c10-4-5(15)14-2-9(7(16)17,3-19-6(4)14)1-12-13-8(11)18/h1,4,6H,2-3,10H2,(H,16,17)(H3,11,13,18)/t4?,6-,9?/m1/s1. The monoisotopic (exact) mass is 287 g/mol. The van der Waals surface area contributed by atoms with Crippen molar-refractivity contribution < 1.29 is 19.5 Å². The van der Waals surface area contributed by atoms with E-state index < -0.39 is 23.5 Å². The fourth-order valence-electron chi connectivity index (χ4n) is 1.98. The third-order valence-electron chi connectivity index (χ3n) is 3.06. The number of carboxylic acids is 1. The van der Waals surface area contributed by atoms with Gasteiger partial charge in [0.15, 0.2) is 0 Å². The lowest BCUT2D eigenvalue weighted by atomic mass is 9.88. The third-order valence-corrected chi connectivity index (χ3v) is 4.63. The Morgan fingerprint density at radius 2 is 2.32 bits per heavy atom. The van der Waals surface area contributed by atoms with Crippen LogP contribution in [0.1, 0.15) is 0 Å². The van der Waals surface area contributed by atoms with Crippen LogP contribution in [0.2, 0.25) is 0 Å². The van der Waals surface area contributed by atoms with Gasteiger partial charge >= 0.3 is 12.0 Å². The summed E-state index contributed by atoms with van der Waals surface area (Å²) in [6, 6.07) is -1.46. The highest BCUT2D eigenvalue weighted by molar-refractivity contribution is 8.00. The predicted molar refractivity (Wildman–Crippen MR) is 67.2 cm³/mol. The Kier molecular flexibility index (Phi) is 3.37. The third kappa shape index (κ3) is 2.24. The molecule has 2 unspecified atom stereocenters. The molecule has 0 saturated carbocycles. The molecule has 0 aromatic heterocycles. The highest BCUT2D eigenvalue weighted by Crippen LogP contribution is 2.40. The summed E-state index contributed by atoms with van der Waals surface area (Å²) >= 11 is 1.28. The van der Waals surface area contributed by atoms with Crippen molar-refractivity contribution in [2.75, 3.05) is 12.3 Å². The van der Waals surface area contributed by atoms with E-state index in [-0.39, 0.29) is 23.6 Å². The molecule has 2 fully saturated rings. The van der Waals surface area contributed by atoms with E-state index in [1.54, 1.807) is 0 Å². The summed E-state index contributed by atoms with van der Waals surface area (Å²) in [7, 11) is 0. The average Bonchev–Trinajstić information content (AvgIpc) is 2.37. The van der Waals surface area contributed by atoms with Gasteiger partial charge in [-0.15, -0.1) is 11.8 Å². The normalized spacial score (nSPS) is 33.7. The van der Waals surface area contributed by atoms with Crippen molar-refractivity contribution in [2.45, 2.75) is 11.4 Å². The van der Waals surface area contributed by atoms with Gasteiger partial charge in [0.2, 0.25) is 5.91 Å². The minimum absolute atomic E-state index is 0.0174. The van der Waals surface area contributed by atoms with Crippen molar-refractivity contribution in [1.29, 1.82) is 0 Å². The molecule has 3 atom stereocenters. The van der Waals surface area contributed by atoms with Crippen LogP contribution in [0.15, 0.2) is 5.10 Å². The Hall–Kier alpha value is -1.81. The van der Waals surface area contributed by atoms with Gasteiger partial charge in [0.25, 0.3) is 0 Å². The number of carbonyl (C=O) groups is 3. The van der Waals surface area contributed by atoms with Crippen LogP contribution in [0.4, 0.5) is 4.79 Å². The first-order chi connectivity index (χ1) is 8.87. The van der Waals surface area contributed by atoms with E-state index in [1.807, 2.05) is 5.43 Å². The number of aliphatic carboxylic acids is 1. The number of hydrazone groups is 1. The number of thioether (sulfide) groups is 1. The first kappa shape index (κ1) is 13.6. The van der Waals surface area contributed by atoms with Gasteiger partial charge < -0.3 is 21.5 Å². The Morgan fingerprint density at radius 1 is 1.63 bits per heavy atom. The molecule has 104 valence electrons. The number of hydrogen-bond donors (Lipinski definition) is 4. The number of carbonyl (C=O) groups excluding carboxylic acids is 2. The number of nitrogens with two attached hydrogens (primary N) is 2. The summed E-state index contributed by atoms with van der Waals surface area (Å²) in [6.07, 6.45) is 1.10. The molecule has 2 heterocycles. The molecule has 6 N–H and O–H groups in total. The largest absolute Gasteiger partial charge is 0.480 e. The van der Waals surface area contributed by atoms with Crippen molar-refractivity contribution in [3.8, 4) is 0 Å². The van der Waals surface area contributed by atoms with Crippen LogP contribution in [0, 0.1) is 5.41 Å². The van der Waals surface area contributed by atoms with E-state index in [9.17, 15) is 19.5 Å². The fraction of sp³-hybridized carbons (Fsp3) is 0.556. The first-order valence-corrected chi connectivity index (χ1v) is 6.43. The minimum atomic E-state index is -1.35. The molecular weight excluding hydrogens is 274 g/mol. The summed E-state index contributed by atoms with van der Waals surface area (Å²) in [5.74, 6) is -1.19. The van der Waals surface area contributed by atoms with Crippen molar-refractivity contribution in [3.63, 3.8) is 0 Å². The van der Waals surface area contributed by atoms with Gasteiger partial charge in [-0.05, 0) is 0 Å². The van der Waals surface area contributed by atoms with Gasteiger partial charge in [0, 0.05) is 18.5 Å². The SMILES string of the molecule is NC(=O)NN=CC1(C(=O)O)CS[C@@H]2C(N)C(=O)N2C1. The minimum Gasteiger partial charge on any atom is -0.480 e. The van der Waals surface area contributed by atoms with Crippen LogP contribution in [-0.4, -0.2) is 57.8 Å². The van der Waals surface area contributed by atoms with Gasteiger partial charge in [-0.3, -0.25) is 9.59 Å². The Bertz CT molecular complexity index is 470. The van der Waals surface area contributed by atoms with Crippen molar-refractivity contribution >= 4 is 35.9 Å².